The molecule has 78 valence electrons. The molecule has 0 heterocycles. The van der Waals surface area contributed by atoms with E-state index in [1.807, 2.05) is 0 Å². The minimum absolute atomic E-state index is 0.288. The molecular formula is C11H21FO. The Morgan fingerprint density at radius 2 is 1.77 bits per heavy atom. The number of aliphatic hydroxyl groups is 1. The van der Waals surface area contributed by atoms with Crippen molar-refractivity contribution in [3.05, 3.63) is 0 Å². The second-order valence-electron chi connectivity index (χ2n) is 5.45. The van der Waals surface area contributed by atoms with E-state index in [0.29, 0.717) is 18.8 Å². The third-order valence-corrected chi connectivity index (χ3v) is 3.39. The third kappa shape index (κ3) is 2.67. The first-order valence-corrected chi connectivity index (χ1v) is 5.17. The number of rotatable bonds is 1. The van der Waals surface area contributed by atoms with Crippen molar-refractivity contribution in [2.45, 2.75) is 52.1 Å². The van der Waals surface area contributed by atoms with E-state index in [1.54, 1.807) is 0 Å². The van der Waals surface area contributed by atoms with Gasteiger partial charge in [0.25, 0.3) is 0 Å². The molecule has 0 atom stereocenters. The number of alkyl halides is 1. The van der Waals surface area contributed by atoms with Crippen LogP contribution in [0.2, 0.25) is 0 Å². The SMILES string of the molecule is CC(C)(C)C1CCC(F)(CO)CC1. The number of halogens is 1. The van der Waals surface area contributed by atoms with Crippen LogP contribution in [-0.4, -0.2) is 17.4 Å². The molecule has 0 unspecified atom stereocenters. The quantitative estimate of drug-likeness (QED) is 0.670. The fraction of sp³-hybridized carbons (Fsp3) is 1.00. The second kappa shape index (κ2) is 3.56. The van der Waals surface area contributed by atoms with Crippen molar-refractivity contribution in [1.29, 1.82) is 0 Å². The summed E-state index contributed by atoms with van der Waals surface area (Å²) in [5.41, 5.74) is -0.988. The smallest absolute Gasteiger partial charge is 0.134 e. The van der Waals surface area contributed by atoms with Gasteiger partial charge in [0.05, 0.1) is 6.61 Å². The van der Waals surface area contributed by atoms with Crippen molar-refractivity contribution in [1.82, 2.24) is 0 Å². The summed E-state index contributed by atoms with van der Waals surface area (Å²) >= 11 is 0. The summed E-state index contributed by atoms with van der Waals surface area (Å²) in [4.78, 5) is 0. The lowest BCUT2D eigenvalue weighted by Crippen LogP contribution is -2.36. The molecule has 0 aliphatic heterocycles. The van der Waals surface area contributed by atoms with Crippen LogP contribution in [0.15, 0.2) is 0 Å². The molecule has 13 heavy (non-hydrogen) atoms. The van der Waals surface area contributed by atoms with Crippen LogP contribution in [-0.2, 0) is 0 Å². The van der Waals surface area contributed by atoms with Crippen molar-refractivity contribution in [3.8, 4) is 0 Å². The van der Waals surface area contributed by atoms with E-state index in [0.717, 1.165) is 12.8 Å². The van der Waals surface area contributed by atoms with Crippen molar-refractivity contribution in [2.24, 2.45) is 11.3 Å². The van der Waals surface area contributed by atoms with Gasteiger partial charge in [0.1, 0.15) is 5.67 Å². The predicted octanol–water partition coefficient (Wildman–Crippen LogP) is 2.92. The Kier molecular flexibility index (Phi) is 3.01. The lowest BCUT2D eigenvalue weighted by molar-refractivity contribution is 0.00406. The van der Waals surface area contributed by atoms with Crippen molar-refractivity contribution in [2.75, 3.05) is 6.61 Å². The molecule has 0 radical (unpaired) electrons. The fourth-order valence-corrected chi connectivity index (χ4v) is 2.16. The standard InChI is InChI=1S/C11H21FO/c1-10(2,3)9-4-6-11(12,8-13)7-5-9/h9,13H,4-8H2,1-3H3. The first-order chi connectivity index (χ1) is 5.87. The molecule has 1 fully saturated rings. The fourth-order valence-electron chi connectivity index (χ4n) is 2.16. The summed E-state index contributed by atoms with van der Waals surface area (Å²) in [6.45, 7) is 6.33. The molecule has 1 N–H and O–H groups in total. The highest BCUT2D eigenvalue weighted by atomic mass is 19.1. The molecule has 0 aromatic heterocycles. The Morgan fingerprint density at radius 3 is 2.08 bits per heavy atom. The molecule has 1 rings (SSSR count). The zero-order valence-electron chi connectivity index (χ0n) is 8.94. The molecule has 1 saturated carbocycles. The highest BCUT2D eigenvalue weighted by molar-refractivity contribution is 4.88. The summed E-state index contributed by atoms with van der Waals surface area (Å²) in [5.74, 6) is 0.614. The first-order valence-electron chi connectivity index (χ1n) is 5.17. The van der Waals surface area contributed by atoms with Gasteiger partial charge >= 0.3 is 0 Å². The molecule has 0 bridgehead atoms. The monoisotopic (exact) mass is 188 g/mol. The molecule has 0 spiro atoms. The molecule has 2 heteroatoms. The van der Waals surface area contributed by atoms with Gasteiger partial charge in [-0.05, 0) is 37.0 Å². The first kappa shape index (κ1) is 11.0. The molecule has 0 aromatic carbocycles. The van der Waals surface area contributed by atoms with Gasteiger partial charge in [-0.25, -0.2) is 4.39 Å². The normalized spacial score (nSPS) is 36.2. The van der Waals surface area contributed by atoms with E-state index in [9.17, 15) is 4.39 Å². The zero-order valence-corrected chi connectivity index (χ0v) is 8.94. The maximum Gasteiger partial charge on any atom is 0.134 e. The van der Waals surface area contributed by atoms with Crippen LogP contribution in [0.4, 0.5) is 4.39 Å². The average molecular weight is 188 g/mol. The van der Waals surface area contributed by atoms with Gasteiger partial charge in [0, 0.05) is 0 Å². The summed E-state index contributed by atoms with van der Waals surface area (Å²) in [7, 11) is 0. The largest absolute Gasteiger partial charge is 0.393 e. The van der Waals surface area contributed by atoms with Gasteiger partial charge < -0.3 is 5.11 Å². The van der Waals surface area contributed by atoms with Crippen LogP contribution < -0.4 is 0 Å². The highest BCUT2D eigenvalue weighted by Crippen LogP contribution is 2.42. The molecule has 1 aliphatic rings. The Balaban J connectivity index is 2.48. The topological polar surface area (TPSA) is 20.2 Å². The van der Waals surface area contributed by atoms with Crippen LogP contribution in [0.3, 0.4) is 0 Å². The average Bonchev–Trinajstić information content (AvgIpc) is 2.04. The van der Waals surface area contributed by atoms with Crippen LogP contribution in [0, 0.1) is 11.3 Å². The Hall–Kier alpha value is -0.110. The summed E-state index contributed by atoms with van der Waals surface area (Å²) < 4.78 is 13.6. The lowest BCUT2D eigenvalue weighted by Gasteiger charge is -2.39. The molecule has 0 aromatic rings. The van der Waals surface area contributed by atoms with Crippen molar-refractivity contribution >= 4 is 0 Å². The maximum absolute atomic E-state index is 13.6. The van der Waals surface area contributed by atoms with E-state index >= 15 is 0 Å². The van der Waals surface area contributed by atoms with E-state index in [1.165, 1.54) is 0 Å². The molecule has 0 saturated heterocycles. The number of hydrogen-bond donors (Lipinski definition) is 1. The van der Waals surface area contributed by atoms with Crippen LogP contribution >= 0.6 is 0 Å². The van der Waals surface area contributed by atoms with Crippen molar-refractivity contribution in [3.63, 3.8) is 0 Å². The number of hydrogen-bond acceptors (Lipinski definition) is 1. The van der Waals surface area contributed by atoms with E-state index in [4.69, 9.17) is 5.11 Å². The predicted molar refractivity (Wildman–Crippen MR) is 52.3 cm³/mol. The van der Waals surface area contributed by atoms with Gasteiger partial charge in [-0.3, -0.25) is 0 Å². The van der Waals surface area contributed by atoms with Gasteiger partial charge in [0.2, 0.25) is 0 Å². The maximum atomic E-state index is 13.6. The Bertz CT molecular complexity index is 163. The van der Waals surface area contributed by atoms with E-state index in [2.05, 4.69) is 20.8 Å². The second-order valence-corrected chi connectivity index (χ2v) is 5.45. The van der Waals surface area contributed by atoms with Crippen molar-refractivity contribution < 1.29 is 9.50 Å². The highest BCUT2D eigenvalue weighted by Gasteiger charge is 2.38. The molecule has 1 aliphatic carbocycles. The Labute approximate surface area is 80.3 Å². The summed E-state index contributed by atoms with van der Waals surface area (Å²) in [6.07, 6.45) is 2.90. The van der Waals surface area contributed by atoms with Gasteiger partial charge in [0.15, 0.2) is 0 Å². The van der Waals surface area contributed by atoms with Gasteiger partial charge in [-0.2, -0.15) is 0 Å². The van der Waals surface area contributed by atoms with Gasteiger partial charge in [-0.15, -0.1) is 0 Å². The summed E-state index contributed by atoms with van der Waals surface area (Å²) in [5, 5.41) is 8.86. The Morgan fingerprint density at radius 1 is 1.31 bits per heavy atom. The van der Waals surface area contributed by atoms with Crippen LogP contribution in [0.1, 0.15) is 46.5 Å². The van der Waals surface area contributed by atoms with Crippen LogP contribution in [0.25, 0.3) is 0 Å². The molecular weight excluding hydrogens is 167 g/mol. The van der Waals surface area contributed by atoms with Gasteiger partial charge in [-0.1, -0.05) is 20.8 Å². The van der Waals surface area contributed by atoms with Crippen LogP contribution in [0.5, 0.6) is 0 Å². The third-order valence-electron chi connectivity index (χ3n) is 3.39. The van der Waals surface area contributed by atoms with E-state index < -0.39 is 5.67 Å². The minimum atomic E-state index is -1.28. The minimum Gasteiger partial charge on any atom is -0.393 e. The molecule has 0 amide bonds. The number of aliphatic hydroxyl groups excluding tert-OH is 1. The van der Waals surface area contributed by atoms with E-state index in [-0.39, 0.29) is 12.0 Å². The lowest BCUT2D eigenvalue weighted by atomic mass is 9.69. The molecule has 1 nitrogen and oxygen atoms in total. The summed E-state index contributed by atoms with van der Waals surface area (Å²) in [6, 6.07) is 0. The zero-order chi connectivity index (χ0) is 10.1.